The molecule has 0 unspecified atom stereocenters. The number of carbonyl (C=O) groups excluding carboxylic acids is 1. The van der Waals surface area contributed by atoms with E-state index in [4.69, 9.17) is 4.74 Å². The molecular weight excluding hydrogens is 639 g/mol. The molecule has 6 heterocycles. The zero-order chi connectivity index (χ0) is 35.3. The molecule has 1 N–H and O–H groups in total. The number of nitrogens with one attached hydrogen (secondary N) is 1. The molecule has 13 heteroatoms. The zero-order valence-corrected chi connectivity index (χ0v) is 28.7. The Morgan fingerprint density at radius 1 is 1.02 bits per heavy atom. The number of carbonyl (C=O) groups is 1. The Bertz CT molecular complexity index is 2220. The van der Waals surface area contributed by atoms with Crippen LogP contribution >= 0.6 is 0 Å². The number of aldehydes is 1. The van der Waals surface area contributed by atoms with Crippen molar-refractivity contribution in [2.45, 2.75) is 45.2 Å². The van der Waals surface area contributed by atoms with Crippen LogP contribution in [0.5, 0.6) is 0 Å². The number of hydrogen-bond acceptors (Lipinski definition) is 10. The van der Waals surface area contributed by atoms with Gasteiger partial charge in [0, 0.05) is 56.1 Å². The third-order valence-electron chi connectivity index (χ3n) is 9.63. The fourth-order valence-corrected chi connectivity index (χ4v) is 6.67. The summed E-state index contributed by atoms with van der Waals surface area (Å²) in [7, 11) is 1.61. The van der Waals surface area contributed by atoms with E-state index in [1.807, 2.05) is 32.9 Å². The smallest absolute Gasteiger partial charge is 0.283 e. The number of ether oxygens (including phenoxy) is 1. The molecular formula is C37H39FN8O4. The molecule has 50 heavy (non-hydrogen) atoms. The van der Waals surface area contributed by atoms with Gasteiger partial charge < -0.3 is 19.5 Å². The van der Waals surface area contributed by atoms with Crippen molar-refractivity contribution in [3.05, 3.63) is 98.8 Å². The van der Waals surface area contributed by atoms with Gasteiger partial charge in [0.15, 0.2) is 12.1 Å². The Balaban J connectivity index is 1.18. The van der Waals surface area contributed by atoms with Gasteiger partial charge in [-0.05, 0) is 59.9 Å². The maximum Gasteiger partial charge on any atom is 0.283 e. The van der Waals surface area contributed by atoms with E-state index in [0.29, 0.717) is 40.7 Å². The van der Waals surface area contributed by atoms with Crippen LogP contribution in [0.3, 0.4) is 0 Å². The lowest BCUT2D eigenvalue weighted by Crippen LogP contribution is -2.59. The standard InChI is InChI=1S/C37H39FN8O4/c1-22-17-44(27-20-50-21-27)10-11-45(22)26-6-7-32(40-16-26)42-31-13-24(18-43(5)35(31)48)28-8-9-39-34(29(28)19-47)46-36(49)33-23(15-41-46)12-25(14-30(33)38)37(2,3)4/h6-9,12-16,18-19,22,27H,10-11,17,20-21H2,1-5H3,(H,40,42)/t22-/m0/s1. The number of pyridine rings is 3. The molecule has 258 valence electrons. The second kappa shape index (κ2) is 12.9. The van der Waals surface area contributed by atoms with Gasteiger partial charge in [-0.15, -0.1) is 0 Å². The molecule has 0 aliphatic carbocycles. The monoisotopic (exact) mass is 678 g/mol. The van der Waals surface area contributed by atoms with Gasteiger partial charge in [0.1, 0.15) is 17.3 Å². The van der Waals surface area contributed by atoms with Gasteiger partial charge in [-0.2, -0.15) is 9.78 Å². The highest BCUT2D eigenvalue weighted by molar-refractivity contribution is 5.92. The van der Waals surface area contributed by atoms with Crippen molar-refractivity contribution in [3.63, 3.8) is 0 Å². The van der Waals surface area contributed by atoms with Gasteiger partial charge in [0.25, 0.3) is 11.1 Å². The molecule has 1 atom stereocenters. The molecule has 5 aromatic rings. The largest absolute Gasteiger partial charge is 0.378 e. The number of aryl methyl sites for hydroxylation is 1. The van der Waals surface area contributed by atoms with E-state index in [9.17, 15) is 14.4 Å². The lowest BCUT2D eigenvalue weighted by molar-refractivity contribution is -0.0691. The highest BCUT2D eigenvalue weighted by Crippen LogP contribution is 2.30. The first-order valence-electron chi connectivity index (χ1n) is 16.6. The van der Waals surface area contributed by atoms with Gasteiger partial charge in [-0.25, -0.2) is 14.4 Å². The summed E-state index contributed by atoms with van der Waals surface area (Å²) in [4.78, 5) is 53.2. The third-order valence-corrected chi connectivity index (χ3v) is 9.63. The second-order valence-electron chi connectivity index (χ2n) is 14.1. The zero-order valence-electron chi connectivity index (χ0n) is 28.7. The van der Waals surface area contributed by atoms with Crippen molar-refractivity contribution < 1.29 is 13.9 Å². The first-order chi connectivity index (χ1) is 23.9. The minimum atomic E-state index is -0.741. The van der Waals surface area contributed by atoms with Crippen LogP contribution in [0, 0.1) is 5.82 Å². The topological polar surface area (TPSA) is 127 Å². The van der Waals surface area contributed by atoms with Crippen LogP contribution in [-0.4, -0.2) is 80.4 Å². The second-order valence-corrected chi connectivity index (χ2v) is 14.1. The lowest BCUT2D eigenvalue weighted by Gasteiger charge is -2.46. The van der Waals surface area contributed by atoms with Gasteiger partial charge in [-0.3, -0.25) is 19.3 Å². The number of fused-ring (bicyclic) bond motifs is 1. The van der Waals surface area contributed by atoms with Crippen molar-refractivity contribution >= 4 is 34.3 Å². The molecule has 1 aromatic carbocycles. The van der Waals surface area contributed by atoms with E-state index in [-0.39, 0.29) is 33.4 Å². The normalized spacial score (nSPS) is 17.2. The minimum Gasteiger partial charge on any atom is -0.378 e. The Labute approximate surface area is 288 Å². The predicted molar refractivity (Wildman–Crippen MR) is 190 cm³/mol. The summed E-state index contributed by atoms with van der Waals surface area (Å²) in [6.45, 7) is 12.5. The van der Waals surface area contributed by atoms with Crippen LogP contribution in [0.4, 0.5) is 21.6 Å². The van der Waals surface area contributed by atoms with Crippen LogP contribution in [0.25, 0.3) is 27.7 Å². The average Bonchev–Trinajstić information content (AvgIpc) is 3.05. The number of rotatable bonds is 7. The maximum atomic E-state index is 15.4. The van der Waals surface area contributed by atoms with E-state index >= 15 is 4.39 Å². The molecule has 0 saturated carbocycles. The fourth-order valence-electron chi connectivity index (χ4n) is 6.67. The number of halogens is 1. The van der Waals surface area contributed by atoms with Crippen molar-refractivity contribution in [1.29, 1.82) is 0 Å². The number of nitrogens with zero attached hydrogens (tertiary/aromatic N) is 7. The Morgan fingerprint density at radius 3 is 2.48 bits per heavy atom. The minimum absolute atomic E-state index is 0.0549. The molecule has 7 rings (SSSR count). The number of hydrogen-bond donors (Lipinski definition) is 1. The number of aromatic nitrogens is 5. The van der Waals surface area contributed by atoms with Crippen LogP contribution < -0.4 is 21.3 Å². The van der Waals surface area contributed by atoms with Crippen molar-refractivity contribution in [3.8, 4) is 16.9 Å². The van der Waals surface area contributed by atoms with E-state index in [1.165, 1.54) is 23.0 Å². The van der Waals surface area contributed by atoms with Crippen molar-refractivity contribution in [2.75, 3.05) is 43.1 Å². The van der Waals surface area contributed by atoms with Gasteiger partial charge in [-0.1, -0.05) is 20.8 Å². The van der Waals surface area contributed by atoms with E-state index < -0.39 is 11.4 Å². The maximum absolute atomic E-state index is 15.4. The highest BCUT2D eigenvalue weighted by Gasteiger charge is 2.32. The lowest BCUT2D eigenvalue weighted by atomic mass is 9.86. The summed E-state index contributed by atoms with van der Waals surface area (Å²) in [6.07, 6.45) is 6.81. The molecule has 0 amide bonds. The van der Waals surface area contributed by atoms with Crippen LogP contribution in [-0.2, 0) is 17.2 Å². The first-order valence-corrected chi connectivity index (χ1v) is 16.6. The van der Waals surface area contributed by atoms with Crippen LogP contribution in [0.2, 0.25) is 0 Å². The van der Waals surface area contributed by atoms with Gasteiger partial charge in [0.2, 0.25) is 0 Å². The SMILES string of the molecule is C[C@H]1CN(C2COC2)CCN1c1ccc(Nc2cc(-c3ccnc(-n4ncc5cc(C(C)(C)C)cc(F)c5c4=O)c3C=O)cn(C)c2=O)nc1. The number of piperazine rings is 1. The van der Waals surface area contributed by atoms with Crippen molar-refractivity contribution in [1.82, 2.24) is 29.2 Å². The van der Waals surface area contributed by atoms with E-state index in [2.05, 4.69) is 37.1 Å². The summed E-state index contributed by atoms with van der Waals surface area (Å²) in [5.41, 5.74) is 1.56. The van der Waals surface area contributed by atoms with Gasteiger partial charge in [0.05, 0.1) is 48.3 Å². The summed E-state index contributed by atoms with van der Waals surface area (Å²) >= 11 is 0. The fraction of sp³-hybridized carbons (Fsp3) is 0.351. The molecule has 2 aliphatic rings. The average molecular weight is 679 g/mol. The third kappa shape index (κ3) is 6.07. The summed E-state index contributed by atoms with van der Waals surface area (Å²) < 4.78 is 23.1. The highest BCUT2D eigenvalue weighted by atomic mass is 19.1. The van der Waals surface area contributed by atoms with Crippen LogP contribution in [0.15, 0.2) is 70.8 Å². The predicted octanol–water partition coefficient (Wildman–Crippen LogP) is 4.44. The molecule has 12 nitrogen and oxygen atoms in total. The first kappa shape index (κ1) is 33.2. The molecule has 2 saturated heterocycles. The quantitative estimate of drug-likeness (QED) is 0.247. The van der Waals surface area contributed by atoms with E-state index in [1.54, 1.807) is 37.6 Å². The Hall–Kier alpha value is -5.27. The Morgan fingerprint density at radius 2 is 1.82 bits per heavy atom. The molecule has 0 bridgehead atoms. The molecule has 0 spiro atoms. The van der Waals surface area contributed by atoms with E-state index in [0.717, 1.165) is 48.8 Å². The summed E-state index contributed by atoms with van der Waals surface area (Å²) in [5, 5.41) is 7.63. The van der Waals surface area contributed by atoms with Crippen LogP contribution in [0.1, 0.15) is 43.6 Å². The molecule has 2 aliphatic heterocycles. The van der Waals surface area contributed by atoms with Crippen molar-refractivity contribution in [2.24, 2.45) is 7.05 Å². The molecule has 2 fully saturated rings. The van der Waals surface area contributed by atoms with Gasteiger partial charge >= 0.3 is 0 Å². The molecule has 0 radical (unpaired) electrons. The number of anilines is 3. The Kier molecular flexibility index (Phi) is 8.56. The molecule has 4 aromatic heterocycles. The summed E-state index contributed by atoms with van der Waals surface area (Å²) in [5.74, 6) is -0.250. The number of benzene rings is 1. The summed E-state index contributed by atoms with van der Waals surface area (Å²) in [6, 6.07) is 11.0.